The first-order chi connectivity index (χ1) is 9.24. The average Bonchev–Trinajstić information content (AvgIpc) is 2.80. The summed E-state index contributed by atoms with van der Waals surface area (Å²) in [6.45, 7) is 0. The summed E-state index contributed by atoms with van der Waals surface area (Å²) in [7, 11) is 0. The molecule has 1 aliphatic rings. The largest absolute Gasteiger partial charge is 0.298 e. The van der Waals surface area contributed by atoms with Crippen molar-refractivity contribution in [3.05, 3.63) is 53.1 Å². The van der Waals surface area contributed by atoms with Gasteiger partial charge in [-0.25, -0.2) is 0 Å². The van der Waals surface area contributed by atoms with Crippen LogP contribution in [0.3, 0.4) is 0 Å². The summed E-state index contributed by atoms with van der Waals surface area (Å²) < 4.78 is 0. The van der Waals surface area contributed by atoms with Gasteiger partial charge < -0.3 is 0 Å². The van der Waals surface area contributed by atoms with Crippen LogP contribution >= 0.6 is 11.6 Å². The fourth-order valence-electron chi connectivity index (χ4n) is 2.51. The number of hydrogen-bond donors (Lipinski definition) is 0. The van der Waals surface area contributed by atoms with Gasteiger partial charge in [-0.1, -0.05) is 29.8 Å². The van der Waals surface area contributed by atoms with Gasteiger partial charge in [0.05, 0.1) is 11.3 Å². The van der Waals surface area contributed by atoms with Crippen molar-refractivity contribution in [1.29, 1.82) is 0 Å². The number of fused-ring (bicyclic) bond motifs is 4. The second-order valence-corrected chi connectivity index (χ2v) is 4.91. The van der Waals surface area contributed by atoms with Gasteiger partial charge in [-0.3, -0.25) is 4.79 Å². The molecule has 4 heteroatoms. The van der Waals surface area contributed by atoms with E-state index in [1.54, 1.807) is 0 Å². The van der Waals surface area contributed by atoms with Crippen molar-refractivity contribution in [1.82, 2.24) is 0 Å². The maximum atomic E-state index is 11.8. The summed E-state index contributed by atoms with van der Waals surface area (Å²) in [6.07, 6.45) is 0. The van der Waals surface area contributed by atoms with E-state index in [0.717, 1.165) is 21.5 Å². The van der Waals surface area contributed by atoms with Crippen LogP contribution in [0.15, 0.2) is 52.7 Å². The third-order valence-electron chi connectivity index (χ3n) is 3.41. The van der Waals surface area contributed by atoms with Crippen molar-refractivity contribution in [2.75, 3.05) is 0 Å². The van der Waals surface area contributed by atoms with Crippen LogP contribution in [0.25, 0.3) is 21.5 Å². The highest BCUT2D eigenvalue weighted by Gasteiger charge is 2.20. The molecule has 0 saturated carbocycles. The van der Waals surface area contributed by atoms with Gasteiger partial charge in [0.2, 0.25) is 0 Å². The summed E-state index contributed by atoms with van der Waals surface area (Å²) in [6, 6.07) is 13.5. The minimum Gasteiger partial charge on any atom is -0.265 e. The number of hydrogen-bond acceptors (Lipinski definition) is 2. The fourth-order valence-corrected chi connectivity index (χ4v) is 2.74. The highest BCUT2D eigenvalue weighted by Crippen LogP contribution is 2.36. The number of halogens is 1. The lowest BCUT2D eigenvalue weighted by molar-refractivity contribution is 0.100. The minimum absolute atomic E-state index is 0.276. The summed E-state index contributed by atoms with van der Waals surface area (Å²) in [5, 5.41) is 12.0. The average molecular weight is 267 g/mol. The highest BCUT2D eigenvalue weighted by molar-refractivity contribution is 6.36. The second kappa shape index (κ2) is 3.62. The quantitative estimate of drug-likeness (QED) is 0.535. The van der Waals surface area contributed by atoms with Gasteiger partial charge in [-0.15, -0.1) is 10.2 Å². The number of benzene rings is 3. The summed E-state index contributed by atoms with van der Waals surface area (Å²) in [5.41, 5.74) is 1.22. The molecule has 0 aromatic heterocycles. The van der Waals surface area contributed by atoms with E-state index < -0.39 is 0 Å². The van der Waals surface area contributed by atoms with E-state index in [4.69, 9.17) is 11.6 Å². The molecule has 0 fully saturated rings. The number of nitrogens with zero attached hydrogens (tertiary/aromatic N) is 2. The predicted octanol–water partition coefficient (Wildman–Crippen LogP) is 4.88. The Morgan fingerprint density at radius 1 is 0.895 bits per heavy atom. The Labute approximate surface area is 113 Å². The van der Waals surface area contributed by atoms with E-state index in [1.807, 2.05) is 42.5 Å². The molecule has 3 aromatic rings. The van der Waals surface area contributed by atoms with Crippen LogP contribution in [0.2, 0.25) is 5.02 Å². The number of carbonyl (C=O) groups is 1. The first-order valence-corrected chi connectivity index (χ1v) is 6.23. The van der Waals surface area contributed by atoms with Crippen molar-refractivity contribution in [2.24, 2.45) is 10.2 Å². The molecule has 0 N–H and O–H groups in total. The van der Waals surface area contributed by atoms with Crippen LogP contribution in [-0.4, -0.2) is 5.91 Å². The normalized spacial score (nSPS) is 13.4. The lowest BCUT2D eigenvalue weighted by Crippen LogP contribution is -1.91. The zero-order valence-electron chi connectivity index (χ0n) is 9.72. The molecule has 1 aliphatic heterocycles. The van der Waals surface area contributed by atoms with Crippen LogP contribution in [0.5, 0.6) is 0 Å². The second-order valence-electron chi connectivity index (χ2n) is 4.50. The standard InChI is InChI=1S/C15H7ClN2O/c16-12-3-1-2-8-7-11-9(6-10(8)12)4-5-13-14(11)15(19)18-17-13/h1-7H. The molecule has 0 unspecified atom stereocenters. The number of rotatable bonds is 0. The molecular weight excluding hydrogens is 260 g/mol. The van der Waals surface area contributed by atoms with Gasteiger partial charge in [0, 0.05) is 10.4 Å². The molecule has 0 bridgehead atoms. The lowest BCUT2D eigenvalue weighted by Gasteiger charge is -2.06. The van der Waals surface area contributed by atoms with Gasteiger partial charge >= 0.3 is 0 Å². The van der Waals surface area contributed by atoms with Crippen LogP contribution in [0, 0.1) is 0 Å². The van der Waals surface area contributed by atoms with Crippen LogP contribution in [0.1, 0.15) is 10.4 Å². The van der Waals surface area contributed by atoms with Gasteiger partial charge in [-0.2, -0.15) is 0 Å². The SMILES string of the molecule is O=C1N=Nc2ccc3cc4c(Cl)cccc4cc3c21. The van der Waals surface area contributed by atoms with E-state index in [0.29, 0.717) is 16.3 Å². The monoisotopic (exact) mass is 266 g/mol. The van der Waals surface area contributed by atoms with Crippen molar-refractivity contribution in [3.8, 4) is 0 Å². The van der Waals surface area contributed by atoms with E-state index in [-0.39, 0.29) is 5.91 Å². The van der Waals surface area contributed by atoms with E-state index in [2.05, 4.69) is 10.2 Å². The Kier molecular flexibility index (Phi) is 2.03. The van der Waals surface area contributed by atoms with E-state index in [9.17, 15) is 4.79 Å². The third kappa shape index (κ3) is 1.42. The summed E-state index contributed by atoms with van der Waals surface area (Å²) in [4.78, 5) is 11.8. The summed E-state index contributed by atoms with van der Waals surface area (Å²) >= 11 is 6.20. The maximum Gasteiger partial charge on any atom is 0.298 e. The molecule has 0 atom stereocenters. The number of azo groups is 1. The van der Waals surface area contributed by atoms with Crippen molar-refractivity contribution >= 4 is 44.7 Å². The fraction of sp³-hybridized carbons (Fsp3) is 0. The van der Waals surface area contributed by atoms with E-state index >= 15 is 0 Å². The zero-order valence-corrected chi connectivity index (χ0v) is 10.5. The Balaban J connectivity index is 2.20. The first-order valence-electron chi connectivity index (χ1n) is 5.85. The van der Waals surface area contributed by atoms with Crippen molar-refractivity contribution in [3.63, 3.8) is 0 Å². The lowest BCUT2D eigenvalue weighted by atomic mass is 9.98. The van der Waals surface area contributed by atoms with Crippen LogP contribution in [-0.2, 0) is 0 Å². The van der Waals surface area contributed by atoms with Gasteiger partial charge in [0.1, 0.15) is 0 Å². The van der Waals surface area contributed by atoms with Crippen molar-refractivity contribution in [2.45, 2.75) is 0 Å². The molecule has 0 aliphatic carbocycles. The van der Waals surface area contributed by atoms with Crippen LogP contribution < -0.4 is 0 Å². The third-order valence-corrected chi connectivity index (χ3v) is 3.74. The van der Waals surface area contributed by atoms with Crippen molar-refractivity contribution < 1.29 is 4.79 Å². The molecule has 0 radical (unpaired) electrons. The number of amides is 1. The van der Waals surface area contributed by atoms with E-state index in [1.165, 1.54) is 0 Å². The topological polar surface area (TPSA) is 41.8 Å². The molecular formula is C15H7ClN2O. The molecule has 1 amide bonds. The van der Waals surface area contributed by atoms with Gasteiger partial charge in [-0.05, 0) is 40.4 Å². The molecule has 19 heavy (non-hydrogen) atoms. The first kappa shape index (κ1) is 10.6. The summed E-state index contributed by atoms with van der Waals surface area (Å²) in [5.74, 6) is -0.276. The maximum absolute atomic E-state index is 11.8. The highest BCUT2D eigenvalue weighted by atomic mass is 35.5. The minimum atomic E-state index is -0.276. The molecule has 0 spiro atoms. The van der Waals surface area contributed by atoms with Gasteiger partial charge in [0.25, 0.3) is 5.91 Å². The molecule has 3 aromatic carbocycles. The zero-order chi connectivity index (χ0) is 13.0. The Morgan fingerprint density at radius 2 is 1.68 bits per heavy atom. The molecule has 90 valence electrons. The molecule has 0 saturated heterocycles. The Morgan fingerprint density at radius 3 is 2.58 bits per heavy atom. The van der Waals surface area contributed by atoms with Gasteiger partial charge in [0.15, 0.2) is 0 Å². The predicted molar refractivity (Wildman–Crippen MR) is 75.3 cm³/mol. The molecule has 4 rings (SSSR count). The smallest absolute Gasteiger partial charge is 0.265 e. The molecule has 1 heterocycles. The molecule has 3 nitrogen and oxygen atoms in total. The van der Waals surface area contributed by atoms with Crippen LogP contribution in [0.4, 0.5) is 5.69 Å². The number of carbonyl (C=O) groups excluding carboxylic acids is 1. The Bertz CT molecular complexity index is 899. The Hall–Kier alpha value is -2.26.